The third-order valence-electron chi connectivity index (χ3n) is 4.62. The van der Waals surface area contributed by atoms with E-state index in [4.69, 9.17) is 0 Å². The van der Waals surface area contributed by atoms with E-state index >= 15 is 0 Å². The fourth-order valence-electron chi connectivity index (χ4n) is 3.77. The molecule has 2 heterocycles. The van der Waals surface area contributed by atoms with Crippen LogP contribution in [0.5, 0.6) is 0 Å². The molecule has 19 heavy (non-hydrogen) atoms. The highest BCUT2D eigenvalue weighted by atomic mass is 16.2. The first-order chi connectivity index (χ1) is 8.86. The largest absolute Gasteiger partial charge is 0.285 e. The van der Waals surface area contributed by atoms with E-state index in [1.54, 1.807) is 13.8 Å². The highest BCUT2D eigenvalue weighted by molar-refractivity contribution is 6.13. The number of rotatable bonds is 1. The molecule has 4 unspecified atom stereocenters. The molecule has 2 saturated heterocycles. The van der Waals surface area contributed by atoms with Crippen LogP contribution in [0.1, 0.15) is 20.3 Å². The molecule has 4 amide bonds. The van der Waals surface area contributed by atoms with Gasteiger partial charge in [-0.1, -0.05) is 0 Å². The average Bonchev–Trinajstić information content (AvgIpc) is 2.90. The molecule has 0 bridgehead atoms. The number of fused-ring (bicyclic) bond motifs is 3. The van der Waals surface area contributed by atoms with Crippen molar-refractivity contribution >= 4 is 23.6 Å². The summed E-state index contributed by atoms with van der Waals surface area (Å²) in [4.78, 5) is 51.0. The van der Waals surface area contributed by atoms with Crippen LogP contribution in [0.3, 0.4) is 0 Å². The van der Waals surface area contributed by atoms with Crippen LogP contribution in [0.4, 0.5) is 0 Å². The Bertz CT molecular complexity index is 513. The molecular formula is C13H16N2O4. The molecule has 6 heteroatoms. The van der Waals surface area contributed by atoms with Crippen molar-refractivity contribution in [3.8, 4) is 0 Å². The molecule has 0 N–H and O–H groups in total. The number of hydrogen-bond donors (Lipinski definition) is 0. The lowest BCUT2D eigenvalue weighted by Gasteiger charge is -2.21. The van der Waals surface area contributed by atoms with Gasteiger partial charge in [0, 0.05) is 13.1 Å². The summed E-state index contributed by atoms with van der Waals surface area (Å²) < 4.78 is 0. The number of hydrogen-bond acceptors (Lipinski definition) is 4. The molecule has 0 aromatic carbocycles. The summed E-state index contributed by atoms with van der Waals surface area (Å²) in [6.45, 7) is 3.56. The van der Waals surface area contributed by atoms with Crippen molar-refractivity contribution in [2.75, 3.05) is 7.05 Å². The maximum Gasteiger partial charge on any atom is 0.234 e. The molecule has 0 aromatic heterocycles. The summed E-state index contributed by atoms with van der Waals surface area (Å²) in [5.74, 6) is -3.27. The molecular weight excluding hydrogens is 248 g/mol. The number of imide groups is 2. The minimum atomic E-state index is -0.624. The topological polar surface area (TPSA) is 74.8 Å². The maximum absolute atomic E-state index is 12.4. The Labute approximate surface area is 110 Å². The van der Waals surface area contributed by atoms with Crippen molar-refractivity contribution in [1.82, 2.24) is 9.80 Å². The van der Waals surface area contributed by atoms with Gasteiger partial charge in [-0.05, 0) is 20.3 Å². The SMILES string of the molecule is CC(C)N1C(=O)C2CC3C(=O)N(C)C(=O)C3C2C1=O. The molecule has 2 aliphatic heterocycles. The molecule has 0 aromatic rings. The molecule has 1 aliphatic carbocycles. The van der Waals surface area contributed by atoms with Crippen molar-refractivity contribution in [2.45, 2.75) is 26.3 Å². The Morgan fingerprint density at radius 3 is 2.00 bits per heavy atom. The second-order valence-corrected chi connectivity index (χ2v) is 5.88. The lowest BCUT2D eigenvalue weighted by atomic mass is 9.89. The van der Waals surface area contributed by atoms with Gasteiger partial charge in [-0.15, -0.1) is 0 Å². The van der Waals surface area contributed by atoms with Crippen molar-refractivity contribution in [3.05, 3.63) is 0 Å². The second kappa shape index (κ2) is 3.65. The summed E-state index contributed by atoms with van der Waals surface area (Å²) in [7, 11) is 1.44. The Morgan fingerprint density at radius 1 is 0.895 bits per heavy atom. The number of carbonyl (C=O) groups is 4. The zero-order chi connectivity index (χ0) is 14.1. The van der Waals surface area contributed by atoms with E-state index in [2.05, 4.69) is 0 Å². The van der Waals surface area contributed by atoms with Gasteiger partial charge in [0.25, 0.3) is 0 Å². The van der Waals surface area contributed by atoms with E-state index in [9.17, 15) is 19.2 Å². The van der Waals surface area contributed by atoms with Gasteiger partial charge in [0.15, 0.2) is 0 Å². The highest BCUT2D eigenvalue weighted by Crippen LogP contribution is 2.51. The average molecular weight is 264 g/mol. The molecule has 3 rings (SSSR count). The smallest absolute Gasteiger partial charge is 0.234 e. The number of amides is 4. The normalized spacial score (nSPS) is 37.7. The number of likely N-dealkylation sites (tertiary alicyclic amines) is 2. The summed E-state index contributed by atoms with van der Waals surface area (Å²) >= 11 is 0. The summed E-state index contributed by atoms with van der Waals surface area (Å²) in [5.41, 5.74) is 0. The zero-order valence-electron chi connectivity index (χ0n) is 11.1. The summed E-state index contributed by atoms with van der Waals surface area (Å²) in [5, 5.41) is 0. The van der Waals surface area contributed by atoms with Gasteiger partial charge < -0.3 is 0 Å². The minimum Gasteiger partial charge on any atom is -0.285 e. The first kappa shape index (κ1) is 12.3. The molecule has 3 aliphatic rings. The van der Waals surface area contributed by atoms with Crippen LogP contribution in [0.15, 0.2) is 0 Å². The van der Waals surface area contributed by atoms with Gasteiger partial charge in [-0.2, -0.15) is 0 Å². The predicted molar refractivity (Wildman–Crippen MR) is 63.3 cm³/mol. The van der Waals surface area contributed by atoms with E-state index < -0.39 is 23.7 Å². The van der Waals surface area contributed by atoms with Gasteiger partial charge in [0.05, 0.1) is 23.7 Å². The van der Waals surface area contributed by atoms with Crippen LogP contribution in [-0.2, 0) is 19.2 Å². The van der Waals surface area contributed by atoms with Crippen molar-refractivity contribution in [2.24, 2.45) is 23.7 Å². The number of nitrogens with zero attached hydrogens (tertiary/aromatic N) is 2. The standard InChI is InChI=1S/C13H16N2O4/c1-5(2)15-11(17)7-4-6-8(9(7)13(15)19)12(18)14(3)10(6)16/h5-9H,4H2,1-3H3. The van der Waals surface area contributed by atoms with E-state index in [0.29, 0.717) is 6.42 Å². The van der Waals surface area contributed by atoms with E-state index in [1.807, 2.05) is 0 Å². The first-order valence-electron chi connectivity index (χ1n) is 6.54. The lowest BCUT2D eigenvalue weighted by Crippen LogP contribution is -2.39. The van der Waals surface area contributed by atoms with E-state index in [0.717, 1.165) is 4.90 Å². The molecule has 102 valence electrons. The molecule has 0 radical (unpaired) electrons. The van der Waals surface area contributed by atoms with Crippen LogP contribution >= 0.6 is 0 Å². The molecule has 4 atom stereocenters. The van der Waals surface area contributed by atoms with Crippen LogP contribution in [0, 0.1) is 23.7 Å². The highest BCUT2D eigenvalue weighted by Gasteiger charge is 2.65. The quantitative estimate of drug-likeness (QED) is 0.606. The molecule has 0 spiro atoms. The molecule has 1 saturated carbocycles. The molecule has 6 nitrogen and oxygen atoms in total. The minimum absolute atomic E-state index is 0.200. The van der Waals surface area contributed by atoms with Crippen LogP contribution in [0.25, 0.3) is 0 Å². The summed E-state index contributed by atoms with van der Waals surface area (Å²) in [6, 6.07) is -0.200. The van der Waals surface area contributed by atoms with Gasteiger partial charge >= 0.3 is 0 Å². The van der Waals surface area contributed by atoms with Gasteiger partial charge in [0.1, 0.15) is 0 Å². The van der Waals surface area contributed by atoms with Gasteiger partial charge in [-0.3, -0.25) is 29.0 Å². The van der Waals surface area contributed by atoms with E-state index in [-0.39, 0.29) is 29.7 Å². The van der Waals surface area contributed by atoms with Crippen molar-refractivity contribution in [3.63, 3.8) is 0 Å². The second-order valence-electron chi connectivity index (χ2n) is 5.88. The van der Waals surface area contributed by atoms with E-state index in [1.165, 1.54) is 11.9 Å². The fourth-order valence-corrected chi connectivity index (χ4v) is 3.77. The Morgan fingerprint density at radius 2 is 1.42 bits per heavy atom. The maximum atomic E-state index is 12.4. The zero-order valence-corrected chi connectivity index (χ0v) is 11.1. The Kier molecular flexibility index (Phi) is 2.37. The van der Waals surface area contributed by atoms with Gasteiger partial charge in [0.2, 0.25) is 23.6 Å². The lowest BCUT2D eigenvalue weighted by molar-refractivity contribution is -0.144. The van der Waals surface area contributed by atoms with Crippen molar-refractivity contribution < 1.29 is 19.2 Å². The Balaban J connectivity index is 1.99. The third-order valence-corrected chi connectivity index (χ3v) is 4.62. The van der Waals surface area contributed by atoms with Crippen LogP contribution in [-0.4, -0.2) is 46.5 Å². The van der Waals surface area contributed by atoms with Gasteiger partial charge in [-0.25, -0.2) is 0 Å². The fraction of sp³-hybridized carbons (Fsp3) is 0.692. The summed E-state index contributed by atoms with van der Waals surface area (Å²) in [6.07, 6.45) is 0.331. The first-order valence-corrected chi connectivity index (χ1v) is 6.54. The predicted octanol–water partition coefficient (Wildman–Crippen LogP) is -0.369. The van der Waals surface area contributed by atoms with Crippen molar-refractivity contribution in [1.29, 1.82) is 0 Å². The third kappa shape index (κ3) is 1.31. The van der Waals surface area contributed by atoms with Crippen LogP contribution in [0.2, 0.25) is 0 Å². The van der Waals surface area contributed by atoms with Crippen LogP contribution < -0.4 is 0 Å². The molecule has 3 fully saturated rings. The Hall–Kier alpha value is -1.72. The number of carbonyl (C=O) groups excluding carboxylic acids is 4. The monoisotopic (exact) mass is 264 g/mol.